The summed E-state index contributed by atoms with van der Waals surface area (Å²) >= 11 is 0. The zero-order chi connectivity index (χ0) is 9.47. The highest BCUT2D eigenvalue weighted by Gasteiger charge is 2.46. The van der Waals surface area contributed by atoms with E-state index in [2.05, 4.69) is 6.08 Å². The Labute approximate surface area is 76.4 Å². The summed E-state index contributed by atoms with van der Waals surface area (Å²) in [6.45, 7) is 0. The lowest BCUT2D eigenvalue weighted by molar-refractivity contribution is -0.142. The maximum absolute atomic E-state index is 11.6. The molecule has 0 radical (unpaired) electrons. The van der Waals surface area contributed by atoms with Crippen molar-refractivity contribution < 1.29 is 14.7 Å². The summed E-state index contributed by atoms with van der Waals surface area (Å²) in [6.07, 6.45) is 6.40. The number of ketones is 1. The Morgan fingerprint density at radius 2 is 2.31 bits per heavy atom. The van der Waals surface area contributed by atoms with Crippen molar-refractivity contribution >= 4 is 11.8 Å². The molecule has 0 aromatic heterocycles. The normalized spacial score (nSPS) is 35.2. The third-order valence-corrected chi connectivity index (χ3v) is 3.14. The summed E-state index contributed by atoms with van der Waals surface area (Å²) in [5, 5.41) is 8.52. The lowest BCUT2D eigenvalue weighted by Gasteiger charge is -2.20. The molecule has 70 valence electrons. The minimum Gasteiger partial charge on any atom is -0.481 e. The van der Waals surface area contributed by atoms with Crippen LogP contribution in [0.5, 0.6) is 0 Å². The highest BCUT2D eigenvalue weighted by molar-refractivity contribution is 5.99. The van der Waals surface area contributed by atoms with E-state index < -0.39 is 11.4 Å². The van der Waals surface area contributed by atoms with Gasteiger partial charge in [0.1, 0.15) is 6.42 Å². The summed E-state index contributed by atoms with van der Waals surface area (Å²) in [5.74, 6) is -0.600. The second kappa shape index (κ2) is 2.69. The maximum Gasteiger partial charge on any atom is 0.310 e. The monoisotopic (exact) mass is 180 g/mol. The molecule has 2 aliphatic carbocycles. The van der Waals surface area contributed by atoms with Gasteiger partial charge in [0.15, 0.2) is 5.78 Å². The van der Waals surface area contributed by atoms with E-state index in [0.29, 0.717) is 5.92 Å². The van der Waals surface area contributed by atoms with Crippen LogP contribution in [-0.4, -0.2) is 16.9 Å². The largest absolute Gasteiger partial charge is 0.481 e. The average molecular weight is 180 g/mol. The topological polar surface area (TPSA) is 54.4 Å². The zero-order valence-electron chi connectivity index (χ0n) is 7.32. The predicted molar refractivity (Wildman–Crippen MR) is 46.2 cm³/mol. The van der Waals surface area contributed by atoms with E-state index in [1.54, 1.807) is 0 Å². The average Bonchev–Trinajstić information content (AvgIpc) is 2.62. The van der Waals surface area contributed by atoms with Crippen molar-refractivity contribution in [2.45, 2.75) is 25.7 Å². The van der Waals surface area contributed by atoms with Crippen LogP contribution in [0.3, 0.4) is 0 Å². The number of hydrogen-bond donors (Lipinski definition) is 1. The van der Waals surface area contributed by atoms with Crippen molar-refractivity contribution in [2.24, 2.45) is 11.3 Å². The van der Waals surface area contributed by atoms with Crippen molar-refractivity contribution in [1.29, 1.82) is 0 Å². The maximum atomic E-state index is 11.6. The predicted octanol–water partition coefficient (Wildman–Crippen LogP) is 1.39. The van der Waals surface area contributed by atoms with E-state index in [9.17, 15) is 9.59 Å². The first kappa shape index (κ1) is 8.48. The molecule has 13 heavy (non-hydrogen) atoms. The summed E-state index contributed by atoms with van der Waals surface area (Å²) in [6, 6.07) is 0. The second-order valence-electron chi connectivity index (χ2n) is 4.01. The van der Waals surface area contributed by atoms with Gasteiger partial charge in [-0.15, -0.1) is 0 Å². The lowest BCUT2D eigenvalue weighted by atomic mass is 9.82. The Kier molecular flexibility index (Phi) is 1.75. The molecule has 0 aromatic carbocycles. The van der Waals surface area contributed by atoms with Gasteiger partial charge in [-0.3, -0.25) is 9.59 Å². The summed E-state index contributed by atoms with van der Waals surface area (Å²) in [7, 11) is 0. The number of rotatable bonds is 3. The number of carboxylic acids is 1. The Balaban J connectivity index is 2.12. The molecule has 1 saturated carbocycles. The number of carboxylic acid groups (broad SMARTS) is 1. The summed E-state index contributed by atoms with van der Waals surface area (Å²) in [5.41, 5.74) is -0.400. The first-order valence-electron chi connectivity index (χ1n) is 4.57. The summed E-state index contributed by atoms with van der Waals surface area (Å²) < 4.78 is 0. The van der Waals surface area contributed by atoms with Gasteiger partial charge < -0.3 is 5.11 Å². The standard InChI is InChI=1S/C10H12O3/c11-8(5-9(12)13)10-3-1-7(6-10)2-4-10/h1,3,7H,2,4-6H2,(H,12,13). The zero-order valence-corrected chi connectivity index (χ0v) is 7.32. The van der Waals surface area contributed by atoms with E-state index in [-0.39, 0.29) is 12.2 Å². The third-order valence-electron chi connectivity index (χ3n) is 3.14. The van der Waals surface area contributed by atoms with Crippen molar-refractivity contribution in [3.63, 3.8) is 0 Å². The second-order valence-corrected chi connectivity index (χ2v) is 4.01. The molecule has 2 unspecified atom stereocenters. The van der Waals surface area contributed by atoms with Crippen LogP contribution in [0.25, 0.3) is 0 Å². The Morgan fingerprint density at radius 1 is 1.54 bits per heavy atom. The van der Waals surface area contributed by atoms with Crippen molar-refractivity contribution in [1.82, 2.24) is 0 Å². The fourth-order valence-electron chi connectivity index (χ4n) is 2.41. The van der Waals surface area contributed by atoms with Crippen LogP contribution in [0.15, 0.2) is 12.2 Å². The van der Waals surface area contributed by atoms with E-state index in [1.807, 2.05) is 6.08 Å². The van der Waals surface area contributed by atoms with Crippen LogP contribution >= 0.6 is 0 Å². The first-order valence-corrected chi connectivity index (χ1v) is 4.57. The molecule has 0 aromatic rings. The Hall–Kier alpha value is -1.12. The van der Waals surface area contributed by atoms with E-state index >= 15 is 0 Å². The number of Topliss-reactive ketones (excluding diaryl/α,β-unsaturated/α-hetero) is 1. The molecule has 0 spiro atoms. The van der Waals surface area contributed by atoms with Gasteiger partial charge in [0.2, 0.25) is 0 Å². The fourth-order valence-corrected chi connectivity index (χ4v) is 2.41. The van der Waals surface area contributed by atoms with Gasteiger partial charge in [-0.25, -0.2) is 0 Å². The summed E-state index contributed by atoms with van der Waals surface area (Å²) in [4.78, 5) is 22.0. The molecular formula is C10H12O3. The molecular weight excluding hydrogens is 168 g/mol. The molecule has 0 aliphatic heterocycles. The highest BCUT2D eigenvalue weighted by Crippen LogP contribution is 2.50. The van der Waals surface area contributed by atoms with Gasteiger partial charge >= 0.3 is 5.97 Å². The van der Waals surface area contributed by atoms with Crippen LogP contribution in [0.2, 0.25) is 0 Å². The Morgan fingerprint density at radius 3 is 2.69 bits per heavy atom. The van der Waals surface area contributed by atoms with Gasteiger partial charge in [-0.05, 0) is 25.2 Å². The molecule has 0 saturated heterocycles. The SMILES string of the molecule is O=C(O)CC(=O)C12C=CC(CC1)C2. The molecule has 2 bridgehead atoms. The fraction of sp³-hybridized carbons (Fsp3) is 0.600. The van der Waals surface area contributed by atoms with Gasteiger partial charge in [0, 0.05) is 5.41 Å². The number of carbonyl (C=O) groups is 2. The van der Waals surface area contributed by atoms with Gasteiger partial charge in [0.25, 0.3) is 0 Å². The molecule has 3 nitrogen and oxygen atoms in total. The van der Waals surface area contributed by atoms with E-state index in [1.165, 1.54) is 0 Å². The molecule has 0 heterocycles. The molecule has 0 amide bonds. The molecule has 2 atom stereocenters. The molecule has 1 N–H and O–H groups in total. The quantitative estimate of drug-likeness (QED) is 0.527. The van der Waals surface area contributed by atoms with Crippen LogP contribution in [0, 0.1) is 11.3 Å². The highest BCUT2D eigenvalue weighted by atomic mass is 16.4. The van der Waals surface area contributed by atoms with Gasteiger partial charge in [-0.1, -0.05) is 12.2 Å². The lowest BCUT2D eigenvalue weighted by Crippen LogP contribution is -2.26. The number of allylic oxidation sites excluding steroid dienone is 2. The van der Waals surface area contributed by atoms with Crippen molar-refractivity contribution in [3.8, 4) is 0 Å². The molecule has 3 heteroatoms. The van der Waals surface area contributed by atoms with Crippen LogP contribution in [0.4, 0.5) is 0 Å². The first-order chi connectivity index (χ1) is 6.12. The number of aliphatic carboxylic acids is 1. The number of carbonyl (C=O) groups excluding carboxylic acids is 1. The molecule has 1 fully saturated rings. The Bertz CT molecular complexity index is 293. The third kappa shape index (κ3) is 1.28. The van der Waals surface area contributed by atoms with Crippen LogP contribution in [0.1, 0.15) is 25.7 Å². The van der Waals surface area contributed by atoms with E-state index in [4.69, 9.17) is 5.11 Å². The van der Waals surface area contributed by atoms with Gasteiger partial charge in [0.05, 0.1) is 0 Å². The number of hydrogen-bond acceptors (Lipinski definition) is 2. The van der Waals surface area contributed by atoms with Crippen LogP contribution in [-0.2, 0) is 9.59 Å². The van der Waals surface area contributed by atoms with Crippen LogP contribution < -0.4 is 0 Å². The number of fused-ring (bicyclic) bond motifs is 2. The molecule has 2 aliphatic rings. The van der Waals surface area contributed by atoms with Crippen molar-refractivity contribution in [2.75, 3.05) is 0 Å². The van der Waals surface area contributed by atoms with E-state index in [0.717, 1.165) is 19.3 Å². The molecule has 2 rings (SSSR count). The van der Waals surface area contributed by atoms with Gasteiger partial charge in [-0.2, -0.15) is 0 Å². The minimum absolute atomic E-state index is 0.115. The minimum atomic E-state index is -1.01. The van der Waals surface area contributed by atoms with Crippen molar-refractivity contribution in [3.05, 3.63) is 12.2 Å². The smallest absolute Gasteiger partial charge is 0.310 e.